The van der Waals surface area contributed by atoms with Crippen molar-refractivity contribution in [3.8, 4) is 0 Å². The molecule has 9 heteroatoms. The van der Waals surface area contributed by atoms with E-state index < -0.39 is 35.8 Å². The minimum Gasteiger partial charge on any atom is -0.481 e. The van der Waals surface area contributed by atoms with Gasteiger partial charge in [-0.05, 0) is 68.3 Å². The smallest absolute Gasteiger partial charge is 0.330 e. The van der Waals surface area contributed by atoms with Crippen LogP contribution < -0.4 is 0 Å². The van der Waals surface area contributed by atoms with Crippen molar-refractivity contribution < 1.29 is 43.9 Å². The summed E-state index contributed by atoms with van der Waals surface area (Å²) in [7, 11) is 1.39. The van der Waals surface area contributed by atoms with Crippen LogP contribution in [-0.4, -0.2) is 70.9 Å². The molecule has 0 aromatic rings. The van der Waals surface area contributed by atoms with E-state index in [1.165, 1.54) is 65.6 Å². The maximum atomic E-state index is 11.7. The highest BCUT2D eigenvalue weighted by Gasteiger charge is 2.44. The van der Waals surface area contributed by atoms with Crippen LogP contribution in [0.25, 0.3) is 0 Å². The van der Waals surface area contributed by atoms with Gasteiger partial charge in [0.05, 0.1) is 37.4 Å². The van der Waals surface area contributed by atoms with Crippen LogP contribution in [0.15, 0.2) is 24.3 Å². The van der Waals surface area contributed by atoms with Crippen molar-refractivity contribution >= 4 is 17.9 Å². The Labute approximate surface area is 265 Å². The molecule has 0 aromatic carbocycles. The van der Waals surface area contributed by atoms with Gasteiger partial charge in [-0.3, -0.25) is 9.59 Å². The van der Waals surface area contributed by atoms with Gasteiger partial charge in [0.15, 0.2) is 0 Å². The van der Waals surface area contributed by atoms with Gasteiger partial charge in [-0.25, -0.2) is 4.79 Å². The molecule has 1 saturated carbocycles. The SMILES string of the molecule is C=C(CCC1OCC(C)(O)C(C(=O)O)C[C@H]1O)C(OC(C)=O)C(C)CC1CCCCC1.CCC(C)CC(C)/C=C/C(=O)OC. The van der Waals surface area contributed by atoms with Crippen molar-refractivity contribution in [1.82, 2.24) is 0 Å². The third-order valence-corrected chi connectivity index (χ3v) is 9.17. The number of allylic oxidation sites excluding steroid dienone is 1. The van der Waals surface area contributed by atoms with Gasteiger partial charge in [0.2, 0.25) is 0 Å². The lowest BCUT2D eigenvalue weighted by atomic mass is 9.80. The topological polar surface area (TPSA) is 140 Å². The third-order valence-electron chi connectivity index (χ3n) is 9.17. The second-order valence-electron chi connectivity index (χ2n) is 13.5. The number of hydrogen-bond acceptors (Lipinski definition) is 8. The van der Waals surface area contributed by atoms with Crippen LogP contribution in [0.3, 0.4) is 0 Å². The molecule has 1 aliphatic heterocycles. The summed E-state index contributed by atoms with van der Waals surface area (Å²) in [4.78, 5) is 34.0. The van der Waals surface area contributed by atoms with Gasteiger partial charge in [-0.2, -0.15) is 0 Å². The number of aliphatic carboxylic acids is 1. The van der Waals surface area contributed by atoms with Crippen molar-refractivity contribution in [3.05, 3.63) is 24.3 Å². The molecule has 3 N–H and O–H groups in total. The lowest BCUT2D eigenvalue weighted by Crippen LogP contribution is -2.42. The Morgan fingerprint density at radius 1 is 1.14 bits per heavy atom. The fourth-order valence-electron chi connectivity index (χ4n) is 6.29. The number of carboxylic acid groups (broad SMARTS) is 1. The van der Waals surface area contributed by atoms with Gasteiger partial charge in [-0.1, -0.05) is 78.9 Å². The average Bonchev–Trinajstić information content (AvgIpc) is 3.08. The molecule has 254 valence electrons. The van der Waals surface area contributed by atoms with Crippen molar-refractivity contribution in [2.45, 2.75) is 136 Å². The summed E-state index contributed by atoms with van der Waals surface area (Å²) in [6, 6.07) is 0. The Morgan fingerprint density at radius 3 is 2.32 bits per heavy atom. The zero-order chi connectivity index (χ0) is 33.4. The first-order chi connectivity index (χ1) is 20.6. The lowest BCUT2D eigenvalue weighted by molar-refractivity contribution is -0.154. The van der Waals surface area contributed by atoms with Crippen molar-refractivity contribution in [2.24, 2.45) is 29.6 Å². The molecule has 1 saturated heterocycles. The van der Waals surface area contributed by atoms with Crippen LogP contribution in [0, 0.1) is 29.6 Å². The predicted octanol–water partition coefficient (Wildman–Crippen LogP) is 6.25. The summed E-state index contributed by atoms with van der Waals surface area (Å²) in [5.41, 5.74) is -0.770. The highest BCUT2D eigenvalue weighted by molar-refractivity contribution is 5.81. The number of hydrogen-bond donors (Lipinski definition) is 3. The largest absolute Gasteiger partial charge is 0.481 e. The van der Waals surface area contributed by atoms with Crippen LogP contribution in [0.2, 0.25) is 0 Å². The van der Waals surface area contributed by atoms with Gasteiger partial charge in [-0.15, -0.1) is 0 Å². The molecule has 44 heavy (non-hydrogen) atoms. The quantitative estimate of drug-likeness (QED) is 0.116. The van der Waals surface area contributed by atoms with Crippen LogP contribution in [0.1, 0.15) is 112 Å². The molecule has 0 spiro atoms. The second-order valence-corrected chi connectivity index (χ2v) is 13.5. The number of methoxy groups -OCH3 is 1. The molecular formula is C35H60O9. The van der Waals surface area contributed by atoms with Crippen molar-refractivity contribution in [3.63, 3.8) is 0 Å². The fourth-order valence-corrected chi connectivity index (χ4v) is 6.29. The molecule has 7 unspecified atom stereocenters. The second kappa shape index (κ2) is 20.0. The Kier molecular flexibility index (Phi) is 18.1. The molecule has 1 heterocycles. The number of carboxylic acids is 1. The van der Waals surface area contributed by atoms with Gasteiger partial charge >= 0.3 is 17.9 Å². The Hall–Kier alpha value is -2.23. The molecule has 1 aliphatic carbocycles. The molecule has 2 fully saturated rings. The van der Waals surface area contributed by atoms with E-state index in [0.29, 0.717) is 24.7 Å². The minimum absolute atomic E-state index is 0.0784. The maximum absolute atomic E-state index is 11.7. The van der Waals surface area contributed by atoms with E-state index in [9.17, 15) is 29.7 Å². The van der Waals surface area contributed by atoms with E-state index >= 15 is 0 Å². The van der Waals surface area contributed by atoms with Crippen molar-refractivity contribution in [1.29, 1.82) is 0 Å². The van der Waals surface area contributed by atoms with Crippen LogP contribution in [-0.2, 0) is 28.6 Å². The molecule has 0 amide bonds. The fraction of sp³-hybridized carbons (Fsp3) is 0.800. The van der Waals surface area contributed by atoms with Gasteiger partial charge < -0.3 is 29.5 Å². The van der Waals surface area contributed by atoms with Gasteiger partial charge in [0.1, 0.15) is 6.10 Å². The summed E-state index contributed by atoms with van der Waals surface area (Å²) in [5, 5.41) is 30.3. The zero-order valence-corrected chi connectivity index (χ0v) is 28.3. The number of esters is 2. The van der Waals surface area contributed by atoms with Crippen molar-refractivity contribution in [2.75, 3.05) is 13.7 Å². The van der Waals surface area contributed by atoms with Crippen LogP contribution >= 0.6 is 0 Å². The monoisotopic (exact) mass is 624 g/mol. The number of aliphatic hydroxyl groups is 2. The molecule has 2 aliphatic rings. The summed E-state index contributed by atoms with van der Waals surface area (Å²) in [6.45, 7) is 15.4. The lowest BCUT2D eigenvalue weighted by Gasteiger charge is -2.31. The number of carbonyl (C=O) groups is 3. The number of carbonyl (C=O) groups excluding carboxylic acids is 2. The zero-order valence-electron chi connectivity index (χ0n) is 28.3. The van der Waals surface area contributed by atoms with E-state index in [-0.39, 0.29) is 30.9 Å². The third kappa shape index (κ3) is 14.7. The predicted molar refractivity (Wildman–Crippen MR) is 171 cm³/mol. The summed E-state index contributed by atoms with van der Waals surface area (Å²) in [5.74, 6) is -0.882. The van der Waals surface area contributed by atoms with Crippen LogP contribution in [0.4, 0.5) is 0 Å². The van der Waals surface area contributed by atoms with Crippen LogP contribution in [0.5, 0.6) is 0 Å². The van der Waals surface area contributed by atoms with E-state index in [4.69, 9.17) is 9.47 Å². The molecule has 2 rings (SSSR count). The van der Waals surface area contributed by atoms with Gasteiger partial charge in [0.25, 0.3) is 0 Å². The highest BCUT2D eigenvalue weighted by atomic mass is 16.5. The van der Waals surface area contributed by atoms with E-state index in [1.54, 1.807) is 0 Å². The molecule has 9 nitrogen and oxygen atoms in total. The number of ether oxygens (including phenoxy) is 3. The average molecular weight is 625 g/mol. The summed E-state index contributed by atoms with van der Waals surface area (Å²) < 4.78 is 15.8. The standard InChI is InChI=1S/C24H40O7.C11H20O2/c1-15(22(31-17(3)25)16(2)12-18-8-6-5-7-9-18)10-11-21-20(26)13-19(23(27)28)24(4,29)14-30-21;1-5-9(2)8-10(3)6-7-11(12)13-4/h16,18-22,26,29H,1,5-14H2,2-4H3,(H,27,28);6-7,9-10H,5,8H2,1-4H3/b;7-6+/t16?,19?,20-,21?,22?,24?;/m1./s1. The molecule has 0 radical (unpaired) electrons. The normalized spacial score (nSPS) is 27.2. The first-order valence-electron chi connectivity index (χ1n) is 16.5. The summed E-state index contributed by atoms with van der Waals surface area (Å²) in [6.07, 6.45) is 11.8. The molecule has 8 atom stereocenters. The summed E-state index contributed by atoms with van der Waals surface area (Å²) >= 11 is 0. The number of rotatable bonds is 14. The number of aliphatic hydroxyl groups excluding tert-OH is 1. The Morgan fingerprint density at radius 2 is 1.77 bits per heavy atom. The Bertz CT molecular complexity index is 921. The Balaban J connectivity index is 0.000000627. The van der Waals surface area contributed by atoms with E-state index in [0.717, 1.165) is 24.3 Å². The molecule has 0 bridgehead atoms. The maximum Gasteiger partial charge on any atom is 0.330 e. The first-order valence-corrected chi connectivity index (χ1v) is 16.5. The highest BCUT2D eigenvalue weighted by Crippen LogP contribution is 2.34. The van der Waals surface area contributed by atoms with E-state index in [2.05, 4.69) is 39.0 Å². The molecular weight excluding hydrogens is 564 g/mol. The molecule has 0 aromatic heterocycles. The first kappa shape index (κ1) is 39.8. The van der Waals surface area contributed by atoms with Gasteiger partial charge in [0, 0.05) is 13.0 Å². The minimum atomic E-state index is -1.55. The van der Waals surface area contributed by atoms with E-state index in [1.807, 2.05) is 6.08 Å².